The predicted octanol–water partition coefficient (Wildman–Crippen LogP) is 3.97. The van der Waals surface area contributed by atoms with Crippen LogP contribution in [0.3, 0.4) is 0 Å². The second-order valence-corrected chi connectivity index (χ2v) is 6.83. The standard InChI is InChI=1S/C17H25NO/c1-11-4-5-16-14(8-11)15(18)10-17(19-16)7-6-12(2)13(3)9-17/h4-5,8,12-13,15H,6-7,9-10,18H2,1-3H3. The number of ether oxygens (including phenoxy) is 1. The molecule has 2 heteroatoms. The van der Waals surface area contributed by atoms with Crippen LogP contribution in [0.15, 0.2) is 18.2 Å². The zero-order valence-corrected chi connectivity index (χ0v) is 12.3. The zero-order chi connectivity index (χ0) is 13.6. The van der Waals surface area contributed by atoms with Gasteiger partial charge < -0.3 is 10.5 Å². The van der Waals surface area contributed by atoms with Gasteiger partial charge >= 0.3 is 0 Å². The van der Waals surface area contributed by atoms with Gasteiger partial charge in [0.2, 0.25) is 0 Å². The Morgan fingerprint density at radius 2 is 2.00 bits per heavy atom. The van der Waals surface area contributed by atoms with Crippen LogP contribution in [0.25, 0.3) is 0 Å². The average Bonchev–Trinajstić information content (AvgIpc) is 2.36. The summed E-state index contributed by atoms with van der Waals surface area (Å²) in [5.41, 5.74) is 8.87. The number of hydrogen-bond acceptors (Lipinski definition) is 2. The first-order chi connectivity index (χ1) is 8.99. The Morgan fingerprint density at radius 3 is 2.74 bits per heavy atom. The lowest BCUT2D eigenvalue weighted by atomic mass is 9.69. The highest BCUT2D eigenvalue weighted by atomic mass is 16.5. The van der Waals surface area contributed by atoms with Gasteiger partial charge in [0, 0.05) is 18.0 Å². The molecule has 4 atom stereocenters. The van der Waals surface area contributed by atoms with Gasteiger partial charge in [0.15, 0.2) is 0 Å². The molecule has 0 bridgehead atoms. The van der Waals surface area contributed by atoms with Gasteiger partial charge in [0.25, 0.3) is 0 Å². The van der Waals surface area contributed by atoms with Crippen LogP contribution in [-0.2, 0) is 0 Å². The van der Waals surface area contributed by atoms with E-state index in [4.69, 9.17) is 10.5 Å². The molecule has 0 aromatic heterocycles. The van der Waals surface area contributed by atoms with Crippen molar-refractivity contribution in [1.82, 2.24) is 0 Å². The number of nitrogens with two attached hydrogens (primary N) is 1. The van der Waals surface area contributed by atoms with Gasteiger partial charge in [0.05, 0.1) is 0 Å². The van der Waals surface area contributed by atoms with Crippen LogP contribution < -0.4 is 10.5 Å². The summed E-state index contributed by atoms with van der Waals surface area (Å²) in [5.74, 6) is 2.56. The van der Waals surface area contributed by atoms with Crippen molar-refractivity contribution in [3.8, 4) is 5.75 Å². The lowest BCUT2D eigenvalue weighted by Gasteiger charge is -2.47. The van der Waals surface area contributed by atoms with Gasteiger partial charge in [0.1, 0.15) is 11.4 Å². The lowest BCUT2D eigenvalue weighted by molar-refractivity contribution is -0.0287. The van der Waals surface area contributed by atoms with Gasteiger partial charge in [-0.3, -0.25) is 0 Å². The van der Waals surface area contributed by atoms with Crippen molar-refractivity contribution < 1.29 is 4.74 Å². The van der Waals surface area contributed by atoms with Crippen molar-refractivity contribution in [1.29, 1.82) is 0 Å². The zero-order valence-electron chi connectivity index (χ0n) is 12.3. The molecule has 2 nitrogen and oxygen atoms in total. The fourth-order valence-corrected chi connectivity index (χ4v) is 3.78. The van der Waals surface area contributed by atoms with Crippen molar-refractivity contribution in [2.75, 3.05) is 0 Å². The fourth-order valence-electron chi connectivity index (χ4n) is 3.78. The highest BCUT2D eigenvalue weighted by molar-refractivity contribution is 5.41. The molecule has 1 saturated carbocycles. The van der Waals surface area contributed by atoms with E-state index in [-0.39, 0.29) is 11.6 Å². The van der Waals surface area contributed by atoms with E-state index in [0.717, 1.165) is 36.8 Å². The molecule has 1 spiro atoms. The minimum Gasteiger partial charge on any atom is -0.487 e. The van der Waals surface area contributed by atoms with E-state index in [1.165, 1.54) is 17.5 Å². The normalized spacial score (nSPS) is 37.8. The Kier molecular flexibility index (Phi) is 3.09. The van der Waals surface area contributed by atoms with Gasteiger partial charge in [-0.2, -0.15) is 0 Å². The first-order valence-electron chi connectivity index (χ1n) is 7.54. The number of hydrogen-bond donors (Lipinski definition) is 1. The molecule has 1 fully saturated rings. The van der Waals surface area contributed by atoms with E-state index in [2.05, 4.69) is 39.0 Å². The lowest BCUT2D eigenvalue weighted by Crippen LogP contribution is -2.47. The Morgan fingerprint density at radius 1 is 1.21 bits per heavy atom. The maximum atomic E-state index is 6.42. The maximum Gasteiger partial charge on any atom is 0.124 e. The average molecular weight is 259 g/mol. The molecule has 2 aliphatic rings. The summed E-state index contributed by atoms with van der Waals surface area (Å²) in [4.78, 5) is 0. The Balaban J connectivity index is 1.90. The molecular formula is C17H25NO. The van der Waals surface area contributed by atoms with Gasteiger partial charge in [-0.1, -0.05) is 31.5 Å². The molecule has 1 aromatic carbocycles. The van der Waals surface area contributed by atoms with Crippen LogP contribution in [0, 0.1) is 18.8 Å². The van der Waals surface area contributed by atoms with Crippen molar-refractivity contribution >= 4 is 0 Å². The minimum absolute atomic E-state index is 0.00635. The summed E-state index contributed by atoms with van der Waals surface area (Å²) < 4.78 is 6.42. The molecule has 1 aromatic rings. The molecule has 3 rings (SSSR count). The third-order valence-electron chi connectivity index (χ3n) is 5.20. The summed E-state index contributed by atoms with van der Waals surface area (Å²) in [6.07, 6.45) is 4.53. The summed E-state index contributed by atoms with van der Waals surface area (Å²) in [7, 11) is 0. The SMILES string of the molecule is Cc1ccc2c(c1)C(N)CC1(CCC(C)C(C)C1)O2. The highest BCUT2D eigenvalue weighted by Gasteiger charge is 2.44. The molecule has 1 aliphatic carbocycles. The number of fused-ring (bicyclic) bond motifs is 1. The number of rotatable bonds is 0. The summed E-state index contributed by atoms with van der Waals surface area (Å²) in [6, 6.07) is 6.54. The maximum absolute atomic E-state index is 6.42. The van der Waals surface area contributed by atoms with Crippen molar-refractivity contribution in [2.45, 2.75) is 58.1 Å². The molecule has 2 N–H and O–H groups in total. The van der Waals surface area contributed by atoms with E-state index < -0.39 is 0 Å². The second kappa shape index (κ2) is 4.52. The predicted molar refractivity (Wildman–Crippen MR) is 78.3 cm³/mol. The largest absolute Gasteiger partial charge is 0.487 e. The van der Waals surface area contributed by atoms with Crippen molar-refractivity contribution in [3.63, 3.8) is 0 Å². The Labute approximate surface area is 116 Å². The van der Waals surface area contributed by atoms with Crippen LogP contribution in [0.5, 0.6) is 5.75 Å². The first-order valence-corrected chi connectivity index (χ1v) is 7.54. The topological polar surface area (TPSA) is 35.2 Å². The summed E-state index contributed by atoms with van der Waals surface area (Å²) in [6.45, 7) is 6.82. The molecule has 19 heavy (non-hydrogen) atoms. The summed E-state index contributed by atoms with van der Waals surface area (Å²) >= 11 is 0. The minimum atomic E-state index is -0.00635. The smallest absolute Gasteiger partial charge is 0.124 e. The van der Waals surface area contributed by atoms with E-state index in [0.29, 0.717) is 0 Å². The van der Waals surface area contributed by atoms with Crippen LogP contribution >= 0.6 is 0 Å². The van der Waals surface area contributed by atoms with Gasteiger partial charge in [-0.15, -0.1) is 0 Å². The fraction of sp³-hybridized carbons (Fsp3) is 0.647. The summed E-state index contributed by atoms with van der Waals surface area (Å²) in [5, 5.41) is 0. The molecule has 0 amide bonds. The van der Waals surface area contributed by atoms with Gasteiger partial charge in [-0.25, -0.2) is 0 Å². The monoisotopic (exact) mass is 259 g/mol. The van der Waals surface area contributed by atoms with E-state index in [9.17, 15) is 0 Å². The quantitative estimate of drug-likeness (QED) is 0.765. The molecule has 104 valence electrons. The number of benzene rings is 1. The third-order valence-corrected chi connectivity index (χ3v) is 5.20. The Bertz CT molecular complexity index is 484. The van der Waals surface area contributed by atoms with Crippen molar-refractivity contribution in [2.24, 2.45) is 17.6 Å². The van der Waals surface area contributed by atoms with Crippen LogP contribution in [0.2, 0.25) is 0 Å². The van der Waals surface area contributed by atoms with E-state index in [1.807, 2.05) is 0 Å². The van der Waals surface area contributed by atoms with Crippen LogP contribution in [-0.4, -0.2) is 5.60 Å². The molecule has 4 unspecified atom stereocenters. The molecule has 0 radical (unpaired) electrons. The first kappa shape index (κ1) is 13.0. The highest BCUT2D eigenvalue weighted by Crippen LogP contribution is 2.48. The van der Waals surface area contributed by atoms with Crippen LogP contribution in [0.4, 0.5) is 0 Å². The molecular weight excluding hydrogens is 234 g/mol. The van der Waals surface area contributed by atoms with E-state index in [1.54, 1.807) is 0 Å². The van der Waals surface area contributed by atoms with Gasteiger partial charge in [-0.05, 0) is 44.1 Å². The van der Waals surface area contributed by atoms with Crippen LogP contribution in [0.1, 0.15) is 56.7 Å². The van der Waals surface area contributed by atoms with E-state index >= 15 is 0 Å². The van der Waals surface area contributed by atoms with Crippen molar-refractivity contribution in [3.05, 3.63) is 29.3 Å². The third kappa shape index (κ3) is 2.27. The Hall–Kier alpha value is -1.02. The molecule has 0 saturated heterocycles. The molecule has 1 aliphatic heterocycles. The molecule has 1 heterocycles. The number of aryl methyl sites for hydroxylation is 1. The second-order valence-electron chi connectivity index (χ2n) is 6.83.